The summed E-state index contributed by atoms with van der Waals surface area (Å²) in [5, 5.41) is 23.4. The third kappa shape index (κ3) is 6.96. The Hall–Kier alpha value is -3.27. The molecule has 0 aromatic heterocycles. The van der Waals surface area contributed by atoms with Crippen LogP contribution in [0.2, 0.25) is 0 Å². The molecule has 0 heterocycles. The van der Waals surface area contributed by atoms with Crippen LogP contribution >= 0.6 is 34.8 Å². The van der Waals surface area contributed by atoms with Crippen molar-refractivity contribution >= 4 is 68.4 Å². The molecule has 2 rings (SSSR count). The molecule has 0 atom stereocenters. The van der Waals surface area contributed by atoms with Crippen molar-refractivity contribution < 1.29 is 44.1 Å². The summed E-state index contributed by atoms with van der Waals surface area (Å²) in [6.07, 6.45) is 0. The number of carbonyl (C=O) groups is 6. The molecule has 0 saturated heterocycles. The maximum atomic E-state index is 10.9. The molecule has 9 nitrogen and oxygen atoms in total. The van der Waals surface area contributed by atoms with E-state index in [4.69, 9.17) is 50.1 Å². The van der Waals surface area contributed by atoms with Gasteiger partial charge in [0.1, 0.15) is 0 Å². The number of hydrogen-bond donors (Lipinski definition) is 3. The van der Waals surface area contributed by atoms with Gasteiger partial charge in [-0.25, -0.2) is 14.4 Å². The van der Waals surface area contributed by atoms with Crippen molar-refractivity contribution in [3.63, 3.8) is 0 Å². The molecule has 2 aromatic rings. The Morgan fingerprint density at radius 3 is 0.733 bits per heavy atom. The summed E-state index contributed by atoms with van der Waals surface area (Å²) in [6.45, 7) is 0. The van der Waals surface area contributed by atoms with Crippen LogP contribution in [0.5, 0.6) is 0 Å². The molecule has 156 valence electrons. The van der Waals surface area contributed by atoms with Crippen LogP contribution in [0.4, 0.5) is 0 Å². The zero-order valence-corrected chi connectivity index (χ0v) is 16.7. The highest BCUT2D eigenvalue weighted by molar-refractivity contribution is 6.70. The number of carbonyl (C=O) groups excluding carboxylic acids is 3. The molecule has 0 radical (unpaired) electrons. The highest BCUT2D eigenvalue weighted by Gasteiger charge is 2.15. The van der Waals surface area contributed by atoms with Crippen molar-refractivity contribution in [1.29, 1.82) is 0 Å². The van der Waals surface area contributed by atoms with Gasteiger partial charge in [0, 0.05) is 16.7 Å². The normalized spacial score (nSPS) is 9.70. The highest BCUT2D eigenvalue weighted by Crippen LogP contribution is 2.16. The van der Waals surface area contributed by atoms with Gasteiger partial charge in [-0.2, -0.15) is 0 Å². The molecule has 0 amide bonds. The Bertz CT molecular complexity index is 833. The predicted octanol–water partition coefficient (Wildman–Crippen LogP) is 3.60. The summed E-state index contributed by atoms with van der Waals surface area (Å²) >= 11 is 15.6. The molecule has 0 unspecified atom stereocenters. The quantitative estimate of drug-likeness (QED) is 0.529. The minimum Gasteiger partial charge on any atom is -0.478 e. The first-order valence-electron chi connectivity index (χ1n) is 7.43. The number of halogens is 3. The van der Waals surface area contributed by atoms with Crippen LogP contribution in [0.1, 0.15) is 62.1 Å². The first kappa shape index (κ1) is 24.8. The van der Waals surface area contributed by atoms with Gasteiger partial charge in [0.2, 0.25) is 0 Å². The fourth-order valence-corrected chi connectivity index (χ4v) is 2.29. The molecule has 2 aromatic carbocycles. The van der Waals surface area contributed by atoms with E-state index < -0.39 is 33.6 Å². The van der Waals surface area contributed by atoms with Crippen LogP contribution in [0.25, 0.3) is 0 Å². The third-order valence-electron chi connectivity index (χ3n) is 3.29. The van der Waals surface area contributed by atoms with Gasteiger partial charge < -0.3 is 15.3 Å². The number of hydrogen-bond acceptors (Lipinski definition) is 6. The lowest BCUT2D eigenvalue weighted by Gasteiger charge is -2.00. The van der Waals surface area contributed by atoms with E-state index in [9.17, 15) is 28.8 Å². The molecule has 0 saturated carbocycles. The van der Waals surface area contributed by atoms with Gasteiger partial charge in [-0.3, -0.25) is 14.4 Å². The van der Waals surface area contributed by atoms with E-state index in [2.05, 4.69) is 0 Å². The van der Waals surface area contributed by atoms with Crippen LogP contribution in [0, 0.1) is 0 Å². The average Bonchev–Trinajstić information content (AvgIpc) is 2.67. The molecule has 12 heteroatoms. The van der Waals surface area contributed by atoms with Crippen molar-refractivity contribution in [1.82, 2.24) is 0 Å². The van der Waals surface area contributed by atoms with Gasteiger partial charge in [-0.1, -0.05) is 0 Å². The molecule has 3 N–H and O–H groups in total. The van der Waals surface area contributed by atoms with Crippen LogP contribution < -0.4 is 0 Å². The number of benzene rings is 2. The molecule has 0 bridgehead atoms. The standard InChI is InChI=1S/C9H3Cl3O3.C9H6O6/c10-7(13)4-1-5(8(11)14)3-6(2-4)9(12)15;10-7(11)4-1-5(8(12)13)3-6(2-4)9(14)15/h1-3H;1-3H,(H,10,11)(H,12,13)(H,14,15). The molecule has 0 aliphatic heterocycles. The predicted molar refractivity (Wildman–Crippen MR) is 104 cm³/mol. The summed E-state index contributed by atoms with van der Waals surface area (Å²) in [5.74, 6) is -4.12. The fourth-order valence-electron chi connectivity index (χ4n) is 1.97. The Kier molecular flexibility index (Phi) is 8.66. The zero-order valence-electron chi connectivity index (χ0n) is 14.4. The maximum Gasteiger partial charge on any atom is 0.335 e. The average molecular weight is 476 g/mol. The fraction of sp³-hybridized carbons (Fsp3) is 0. The lowest BCUT2D eigenvalue weighted by molar-refractivity contribution is 0.0696. The summed E-state index contributed by atoms with van der Waals surface area (Å²) in [6, 6.07) is 6.27. The van der Waals surface area contributed by atoms with Crippen LogP contribution in [0.3, 0.4) is 0 Å². The minimum atomic E-state index is -1.37. The van der Waals surface area contributed by atoms with Crippen molar-refractivity contribution in [3.05, 3.63) is 69.8 Å². The van der Waals surface area contributed by atoms with Gasteiger partial charge in [-0.05, 0) is 71.2 Å². The summed E-state index contributed by atoms with van der Waals surface area (Å²) in [4.78, 5) is 64.2. The van der Waals surface area contributed by atoms with Crippen molar-refractivity contribution in [2.45, 2.75) is 0 Å². The highest BCUT2D eigenvalue weighted by atomic mass is 35.5. The zero-order chi connectivity index (χ0) is 23.2. The lowest BCUT2D eigenvalue weighted by Crippen LogP contribution is -2.07. The Morgan fingerprint density at radius 1 is 0.433 bits per heavy atom. The van der Waals surface area contributed by atoms with E-state index in [1.54, 1.807) is 0 Å². The first-order valence-corrected chi connectivity index (χ1v) is 8.56. The van der Waals surface area contributed by atoms with Gasteiger partial charge in [0.15, 0.2) is 0 Å². The van der Waals surface area contributed by atoms with Crippen LogP contribution in [-0.2, 0) is 0 Å². The molecular formula is C18H9Cl3O9. The van der Waals surface area contributed by atoms with Gasteiger partial charge >= 0.3 is 17.9 Å². The van der Waals surface area contributed by atoms with E-state index in [0.717, 1.165) is 18.2 Å². The van der Waals surface area contributed by atoms with Crippen LogP contribution in [-0.4, -0.2) is 49.0 Å². The third-order valence-corrected chi connectivity index (χ3v) is 3.94. The van der Waals surface area contributed by atoms with Gasteiger partial charge in [0.25, 0.3) is 15.7 Å². The Balaban J connectivity index is 0.000000300. The summed E-state index contributed by atoms with van der Waals surface area (Å²) < 4.78 is 0. The second kappa shape index (κ2) is 10.5. The molecule has 0 spiro atoms. The number of rotatable bonds is 6. The SMILES string of the molecule is O=C(Cl)c1cc(C(=O)Cl)cc(C(=O)Cl)c1.O=C(O)c1cc(C(=O)O)cc(C(=O)O)c1. The Labute approximate surface area is 182 Å². The number of aromatic carboxylic acids is 3. The van der Waals surface area contributed by atoms with E-state index >= 15 is 0 Å². The monoisotopic (exact) mass is 474 g/mol. The lowest BCUT2D eigenvalue weighted by atomic mass is 10.1. The van der Waals surface area contributed by atoms with E-state index in [-0.39, 0.29) is 33.4 Å². The minimum absolute atomic E-state index is 0.00725. The number of carboxylic acids is 3. The molecular weight excluding hydrogens is 467 g/mol. The molecule has 0 aliphatic carbocycles. The molecule has 30 heavy (non-hydrogen) atoms. The smallest absolute Gasteiger partial charge is 0.335 e. The first-order chi connectivity index (χ1) is 13.8. The van der Waals surface area contributed by atoms with E-state index in [0.29, 0.717) is 0 Å². The molecule has 0 fully saturated rings. The van der Waals surface area contributed by atoms with Crippen molar-refractivity contribution in [2.24, 2.45) is 0 Å². The Morgan fingerprint density at radius 2 is 0.600 bits per heavy atom. The van der Waals surface area contributed by atoms with E-state index in [1.165, 1.54) is 18.2 Å². The van der Waals surface area contributed by atoms with Crippen molar-refractivity contribution in [2.75, 3.05) is 0 Å². The molecule has 0 aliphatic rings. The maximum absolute atomic E-state index is 10.9. The second-order valence-electron chi connectivity index (χ2n) is 5.33. The van der Waals surface area contributed by atoms with Gasteiger partial charge in [0.05, 0.1) is 16.7 Å². The summed E-state index contributed by atoms with van der Waals surface area (Å²) in [5.41, 5.74) is -1.13. The summed E-state index contributed by atoms with van der Waals surface area (Å²) in [7, 11) is 0. The second-order valence-corrected chi connectivity index (χ2v) is 6.36. The largest absolute Gasteiger partial charge is 0.478 e. The number of carboxylic acid groups (broad SMARTS) is 3. The van der Waals surface area contributed by atoms with Gasteiger partial charge in [-0.15, -0.1) is 0 Å². The topological polar surface area (TPSA) is 163 Å². The van der Waals surface area contributed by atoms with Crippen molar-refractivity contribution in [3.8, 4) is 0 Å². The van der Waals surface area contributed by atoms with Crippen LogP contribution in [0.15, 0.2) is 36.4 Å². The van der Waals surface area contributed by atoms with E-state index in [1.807, 2.05) is 0 Å².